The van der Waals surface area contributed by atoms with Gasteiger partial charge in [0.25, 0.3) is 0 Å². The first-order chi connectivity index (χ1) is 7.38. The third-order valence-electron chi connectivity index (χ3n) is 3.15. The molecular formula is C15H25N. The lowest BCUT2D eigenvalue weighted by atomic mass is 9.74. The molecule has 90 valence electrons. The molecule has 0 aromatic rings. The van der Waals surface area contributed by atoms with E-state index < -0.39 is 0 Å². The largest absolute Gasteiger partial charge is 0.197 e. The smallest absolute Gasteiger partial charge is 0.0813 e. The van der Waals surface area contributed by atoms with E-state index in [1.807, 2.05) is 0 Å². The van der Waals surface area contributed by atoms with Crippen LogP contribution in [0.4, 0.5) is 0 Å². The summed E-state index contributed by atoms with van der Waals surface area (Å²) in [5.74, 6) is 0.342. The van der Waals surface area contributed by atoms with Gasteiger partial charge in [-0.3, -0.25) is 0 Å². The Kier molecular flexibility index (Phi) is 6.11. The van der Waals surface area contributed by atoms with Crippen LogP contribution in [0.2, 0.25) is 0 Å². The first-order valence-corrected chi connectivity index (χ1v) is 6.11. The fourth-order valence-electron chi connectivity index (χ4n) is 1.58. The van der Waals surface area contributed by atoms with Crippen LogP contribution >= 0.6 is 0 Å². The average molecular weight is 219 g/mol. The number of nitriles is 1. The molecule has 1 nitrogen and oxygen atoms in total. The maximum absolute atomic E-state index is 9.48. The minimum atomic E-state index is -0.336. The molecule has 0 N–H and O–H groups in total. The molecule has 0 bridgehead atoms. The number of hydrogen-bond donors (Lipinski definition) is 0. The highest BCUT2D eigenvalue weighted by Crippen LogP contribution is 2.35. The zero-order valence-corrected chi connectivity index (χ0v) is 11.6. The summed E-state index contributed by atoms with van der Waals surface area (Å²) in [6.45, 7) is 12.7. The number of allylic oxidation sites excluding steroid dienone is 4. The van der Waals surface area contributed by atoms with Gasteiger partial charge < -0.3 is 0 Å². The van der Waals surface area contributed by atoms with E-state index >= 15 is 0 Å². The summed E-state index contributed by atoms with van der Waals surface area (Å²) in [6, 6.07) is 2.51. The Bertz CT molecular complexity index is 311. The van der Waals surface area contributed by atoms with E-state index in [-0.39, 0.29) is 5.41 Å². The van der Waals surface area contributed by atoms with Gasteiger partial charge in [-0.05, 0) is 39.5 Å². The predicted molar refractivity (Wildman–Crippen MR) is 71.0 cm³/mol. The maximum Gasteiger partial charge on any atom is 0.0813 e. The second kappa shape index (κ2) is 6.53. The first kappa shape index (κ1) is 15.0. The first-order valence-electron chi connectivity index (χ1n) is 6.11. The Morgan fingerprint density at radius 2 is 1.88 bits per heavy atom. The molecule has 0 amide bonds. The number of hydrogen-bond acceptors (Lipinski definition) is 1. The Morgan fingerprint density at radius 1 is 1.31 bits per heavy atom. The number of rotatable bonds is 5. The second-order valence-electron chi connectivity index (χ2n) is 5.14. The summed E-state index contributed by atoms with van der Waals surface area (Å²) in [5.41, 5.74) is 2.25. The van der Waals surface area contributed by atoms with Crippen molar-refractivity contribution in [3.8, 4) is 6.07 Å². The molecular weight excluding hydrogens is 194 g/mol. The number of nitrogens with zero attached hydrogens (tertiary/aromatic N) is 1. The molecule has 0 saturated carbocycles. The van der Waals surface area contributed by atoms with E-state index in [4.69, 9.17) is 0 Å². The molecule has 0 aromatic heterocycles. The van der Waals surface area contributed by atoms with Gasteiger partial charge in [-0.15, -0.1) is 0 Å². The van der Waals surface area contributed by atoms with Gasteiger partial charge in [0.15, 0.2) is 0 Å². The third-order valence-corrected chi connectivity index (χ3v) is 3.15. The van der Waals surface area contributed by atoms with Gasteiger partial charge in [0.2, 0.25) is 0 Å². The standard InChI is InChI=1S/C15H25N/c1-7-14(6)10-15(11-16,13(4)5)9-8-12(2)3/h8,10,13H,7,9H2,1-6H3. The Hall–Kier alpha value is -1.03. The molecule has 16 heavy (non-hydrogen) atoms. The normalized spacial score (nSPS) is 15.5. The highest BCUT2D eigenvalue weighted by molar-refractivity contribution is 5.20. The van der Waals surface area contributed by atoms with Crippen LogP contribution in [0.5, 0.6) is 0 Å². The van der Waals surface area contributed by atoms with Crippen molar-refractivity contribution in [2.75, 3.05) is 0 Å². The fraction of sp³-hybridized carbons (Fsp3) is 0.667. The van der Waals surface area contributed by atoms with Crippen molar-refractivity contribution in [1.82, 2.24) is 0 Å². The average Bonchev–Trinajstić information content (AvgIpc) is 2.23. The molecule has 0 aromatic carbocycles. The minimum absolute atomic E-state index is 0.336. The molecule has 0 aliphatic rings. The van der Waals surface area contributed by atoms with Crippen LogP contribution in [0, 0.1) is 22.7 Å². The second-order valence-corrected chi connectivity index (χ2v) is 5.14. The van der Waals surface area contributed by atoms with Crippen molar-refractivity contribution in [3.05, 3.63) is 23.3 Å². The van der Waals surface area contributed by atoms with Crippen LogP contribution in [-0.2, 0) is 0 Å². The van der Waals surface area contributed by atoms with Gasteiger partial charge >= 0.3 is 0 Å². The van der Waals surface area contributed by atoms with E-state index in [1.165, 1.54) is 11.1 Å². The monoisotopic (exact) mass is 219 g/mol. The highest BCUT2D eigenvalue weighted by atomic mass is 14.4. The van der Waals surface area contributed by atoms with Crippen molar-refractivity contribution in [2.45, 2.75) is 54.4 Å². The molecule has 0 rings (SSSR count). The summed E-state index contributed by atoms with van der Waals surface area (Å²) < 4.78 is 0. The molecule has 0 radical (unpaired) electrons. The summed E-state index contributed by atoms with van der Waals surface area (Å²) >= 11 is 0. The summed E-state index contributed by atoms with van der Waals surface area (Å²) in [7, 11) is 0. The van der Waals surface area contributed by atoms with E-state index in [9.17, 15) is 5.26 Å². The van der Waals surface area contributed by atoms with Crippen LogP contribution in [0.3, 0.4) is 0 Å². The summed E-state index contributed by atoms with van der Waals surface area (Å²) in [4.78, 5) is 0. The van der Waals surface area contributed by atoms with Gasteiger partial charge in [-0.25, -0.2) is 0 Å². The zero-order valence-electron chi connectivity index (χ0n) is 11.6. The van der Waals surface area contributed by atoms with Gasteiger partial charge in [0.05, 0.1) is 11.5 Å². The quantitative estimate of drug-likeness (QED) is 0.605. The van der Waals surface area contributed by atoms with E-state index in [1.54, 1.807) is 0 Å². The molecule has 0 aliphatic carbocycles. The topological polar surface area (TPSA) is 23.8 Å². The summed E-state index contributed by atoms with van der Waals surface area (Å²) in [5, 5.41) is 9.48. The minimum Gasteiger partial charge on any atom is -0.197 e. The van der Waals surface area contributed by atoms with Gasteiger partial charge in [-0.2, -0.15) is 5.26 Å². The van der Waals surface area contributed by atoms with Crippen LogP contribution in [0.25, 0.3) is 0 Å². The zero-order chi connectivity index (χ0) is 12.8. The molecule has 1 heteroatoms. The Labute approximate surface area is 101 Å². The Morgan fingerprint density at radius 3 is 2.19 bits per heavy atom. The molecule has 1 unspecified atom stereocenters. The SMILES string of the molecule is CCC(C)=CC(C#N)(CC=C(C)C)C(C)C. The van der Waals surface area contributed by atoms with E-state index in [2.05, 4.69) is 59.8 Å². The van der Waals surface area contributed by atoms with Crippen molar-refractivity contribution in [3.63, 3.8) is 0 Å². The van der Waals surface area contributed by atoms with Crippen LogP contribution < -0.4 is 0 Å². The highest BCUT2D eigenvalue weighted by Gasteiger charge is 2.30. The van der Waals surface area contributed by atoms with Gasteiger partial charge in [-0.1, -0.05) is 44.1 Å². The van der Waals surface area contributed by atoms with E-state index in [0.717, 1.165) is 12.8 Å². The molecule has 0 fully saturated rings. The van der Waals surface area contributed by atoms with Gasteiger partial charge in [0.1, 0.15) is 0 Å². The van der Waals surface area contributed by atoms with Crippen molar-refractivity contribution < 1.29 is 0 Å². The molecule has 1 atom stereocenters. The van der Waals surface area contributed by atoms with Gasteiger partial charge in [0, 0.05) is 0 Å². The maximum atomic E-state index is 9.48. The van der Waals surface area contributed by atoms with Crippen molar-refractivity contribution >= 4 is 0 Å². The predicted octanol–water partition coefficient (Wildman–Crippen LogP) is 4.86. The Balaban J connectivity index is 5.19. The molecule has 0 spiro atoms. The molecule has 0 heterocycles. The van der Waals surface area contributed by atoms with Crippen LogP contribution in [0.1, 0.15) is 54.4 Å². The lowest BCUT2D eigenvalue weighted by molar-refractivity contribution is 0.359. The van der Waals surface area contributed by atoms with Crippen LogP contribution in [0.15, 0.2) is 23.3 Å². The van der Waals surface area contributed by atoms with Crippen molar-refractivity contribution in [2.24, 2.45) is 11.3 Å². The summed E-state index contributed by atoms with van der Waals surface area (Å²) in [6.07, 6.45) is 6.17. The van der Waals surface area contributed by atoms with Crippen molar-refractivity contribution in [1.29, 1.82) is 5.26 Å². The molecule has 0 saturated heterocycles. The molecule has 0 aliphatic heterocycles. The third kappa shape index (κ3) is 4.23. The fourth-order valence-corrected chi connectivity index (χ4v) is 1.58. The van der Waals surface area contributed by atoms with Crippen LogP contribution in [-0.4, -0.2) is 0 Å². The lowest BCUT2D eigenvalue weighted by Crippen LogP contribution is -2.22. The lowest BCUT2D eigenvalue weighted by Gasteiger charge is -2.27. The van der Waals surface area contributed by atoms with E-state index in [0.29, 0.717) is 5.92 Å².